The molecule has 1 aromatic carbocycles. The lowest BCUT2D eigenvalue weighted by Gasteiger charge is -2.08. The first-order valence-electron chi connectivity index (χ1n) is 4.42. The molecule has 0 aliphatic rings. The van der Waals surface area contributed by atoms with Gasteiger partial charge < -0.3 is 15.6 Å². The van der Waals surface area contributed by atoms with Crippen LogP contribution < -0.4 is 5.73 Å². The Balaban J connectivity index is 2.31. The summed E-state index contributed by atoms with van der Waals surface area (Å²) in [6.07, 6.45) is -0.649. The van der Waals surface area contributed by atoms with Crippen molar-refractivity contribution in [1.82, 2.24) is 0 Å². The van der Waals surface area contributed by atoms with Crippen molar-refractivity contribution >= 4 is 0 Å². The van der Waals surface area contributed by atoms with Gasteiger partial charge in [0.1, 0.15) is 5.82 Å². The quantitative estimate of drug-likeness (QED) is 0.732. The van der Waals surface area contributed by atoms with Gasteiger partial charge in [-0.15, -0.1) is 0 Å². The van der Waals surface area contributed by atoms with Crippen molar-refractivity contribution < 1.29 is 14.2 Å². The number of hydrogen-bond acceptors (Lipinski definition) is 3. The summed E-state index contributed by atoms with van der Waals surface area (Å²) in [6.45, 7) is 0.630. The SMILES string of the molecule is NC[C@@H](O)COCc1cccc(F)c1. The molecular weight excluding hydrogens is 185 g/mol. The third kappa shape index (κ3) is 3.83. The maximum absolute atomic E-state index is 12.7. The highest BCUT2D eigenvalue weighted by Crippen LogP contribution is 2.04. The summed E-state index contributed by atoms with van der Waals surface area (Å²) in [5.41, 5.74) is 5.93. The summed E-state index contributed by atoms with van der Waals surface area (Å²) in [7, 11) is 0. The summed E-state index contributed by atoms with van der Waals surface area (Å²) >= 11 is 0. The first-order chi connectivity index (χ1) is 6.72. The number of ether oxygens (including phenoxy) is 1. The summed E-state index contributed by atoms with van der Waals surface area (Å²) < 4.78 is 17.8. The van der Waals surface area contributed by atoms with E-state index in [0.29, 0.717) is 0 Å². The van der Waals surface area contributed by atoms with Crippen LogP contribution in [0.15, 0.2) is 24.3 Å². The number of aliphatic hydroxyl groups excluding tert-OH is 1. The topological polar surface area (TPSA) is 55.5 Å². The van der Waals surface area contributed by atoms with Crippen molar-refractivity contribution in [3.8, 4) is 0 Å². The van der Waals surface area contributed by atoms with E-state index >= 15 is 0 Å². The minimum atomic E-state index is -0.649. The zero-order chi connectivity index (χ0) is 10.4. The van der Waals surface area contributed by atoms with Gasteiger partial charge in [-0.3, -0.25) is 0 Å². The van der Waals surface area contributed by atoms with Crippen LogP contribution in [-0.4, -0.2) is 24.4 Å². The Bertz CT molecular complexity index is 281. The fourth-order valence-electron chi connectivity index (χ4n) is 1.01. The second-order valence-corrected chi connectivity index (χ2v) is 3.03. The van der Waals surface area contributed by atoms with E-state index in [0.717, 1.165) is 5.56 Å². The van der Waals surface area contributed by atoms with Gasteiger partial charge in [0.05, 0.1) is 19.3 Å². The van der Waals surface area contributed by atoms with E-state index in [4.69, 9.17) is 15.6 Å². The molecule has 3 nitrogen and oxygen atoms in total. The highest BCUT2D eigenvalue weighted by Gasteiger charge is 2.01. The van der Waals surface area contributed by atoms with Gasteiger partial charge in [-0.25, -0.2) is 4.39 Å². The molecule has 0 saturated carbocycles. The fourth-order valence-corrected chi connectivity index (χ4v) is 1.01. The Morgan fingerprint density at radius 1 is 1.50 bits per heavy atom. The molecule has 0 spiro atoms. The molecule has 0 bridgehead atoms. The van der Waals surface area contributed by atoms with Crippen LogP contribution in [0, 0.1) is 5.82 Å². The predicted octanol–water partition coefficient (Wildman–Crippen LogP) is 0.662. The van der Waals surface area contributed by atoms with Crippen LogP contribution in [0.25, 0.3) is 0 Å². The Morgan fingerprint density at radius 2 is 2.29 bits per heavy atom. The standard InChI is InChI=1S/C10H14FNO2/c11-9-3-1-2-8(4-9)6-14-7-10(13)5-12/h1-4,10,13H,5-7,12H2/t10-/m1/s1. The molecule has 0 aliphatic heterocycles. The van der Waals surface area contributed by atoms with Crippen molar-refractivity contribution in [2.75, 3.05) is 13.2 Å². The zero-order valence-corrected chi connectivity index (χ0v) is 7.82. The van der Waals surface area contributed by atoms with Gasteiger partial charge in [0.2, 0.25) is 0 Å². The fraction of sp³-hybridized carbons (Fsp3) is 0.400. The maximum atomic E-state index is 12.7. The largest absolute Gasteiger partial charge is 0.389 e. The molecule has 0 amide bonds. The van der Waals surface area contributed by atoms with E-state index in [9.17, 15) is 4.39 Å². The van der Waals surface area contributed by atoms with E-state index in [1.807, 2.05) is 0 Å². The van der Waals surface area contributed by atoms with Crippen LogP contribution in [0.3, 0.4) is 0 Å². The van der Waals surface area contributed by atoms with Gasteiger partial charge in [0, 0.05) is 6.54 Å². The number of halogens is 1. The number of rotatable bonds is 5. The Morgan fingerprint density at radius 3 is 2.93 bits per heavy atom. The number of nitrogens with two attached hydrogens (primary N) is 1. The van der Waals surface area contributed by atoms with Gasteiger partial charge in [-0.1, -0.05) is 12.1 Å². The monoisotopic (exact) mass is 199 g/mol. The van der Waals surface area contributed by atoms with Gasteiger partial charge in [-0.05, 0) is 17.7 Å². The van der Waals surface area contributed by atoms with Gasteiger partial charge in [0.15, 0.2) is 0 Å². The van der Waals surface area contributed by atoms with Crippen LogP contribution >= 0.6 is 0 Å². The average Bonchev–Trinajstić information content (AvgIpc) is 2.17. The molecule has 0 aromatic heterocycles. The van der Waals surface area contributed by atoms with Crippen molar-refractivity contribution in [1.29, 1.82) is 0 Å². The molecule has 78 valence electrons. The highest BCUT2D eigenvalue weighted by atomic mass is 19.1. The lowest BCUT2D eigenvalue weighted by Crippen LogP contribution is -2.24. The van der Waals surface area contributed by atoms with Crippen molar-refractivity contribution in [2.45, 2.75) is 12.7 Å². The smallest absolute Gasteiger partial charge is 0.123 e. The van der Waals surface area contributed by atoms with Crippen LogP contribution in [0.2, 0.25) is 0 Å². The van der Waals surface area contributed by atoms with Gasteiger partial charge >= 0.3 is 0 Å². The summed E-state index contributed by atoms with van der Waals surface area (Å²) in [6, 6.07) is 6.15. The van der Waals surface area contributed by atoms with E-state index in [-0.39, 0.29) is 25.6 Å². The number of aliphatic hydroxyl groups is 1. The average molecular weight is 199 g/mol. The van der Waals surface area contributed by atoms with E-state index in [1.165, 1.54) is 12.1 Å². The third-order valence-electron chi connectivity index (χ3n) is 1.74. The Labute approximate surface area is 82.3 Å². The minimum absolute atomic E-state index is 0.170. The Hall–Kier alpha value is -0.970. The molecule has 1 aromatic rings. The van der Waals surface area contributed by atoms with Crippen LogP contribution in [-0.2, 0) is 11.3 Å². The molecule has 1 atom stereocenters. The van der Waals surface area contributed by atoms with Crippen molar-refractivity contribution in [3.63, 3.8) is 0 Å². The molecule has 0 heterocycles. The second-order valence-electron chi connectivity index (χ2n) is 3.03. The van der Waals surface area contributed by atoms with E-state index < -0.39 is 6.10 Å². The molecule has 0 aliphatic carbocycles. The molecule has 0 saturated heterocycles. The number of benzene rings is 1. The van der Waals surface area contributed by atoms with Crippen molar-refractivity contribution in [3.05, 3.63) is 35.6 Å². The normalized spacial score (nSPS) is 12.8. The highest BCUT2D eigenvalue weighted by molar-refractivity contribution is 5.15. The molecule has 14 heavy (non-hydrogen) atoms. The van der Waals surface area contributed by atoms with Crippen LogP contribution in [0.1, 0.15) is 5.56 Å². The van der Waals surface area contributed by atoms with Crippen LogP contribution in [0.5, 0.6) is 0 Å². The second kappa shape index (κ2) is 5.70. The summed E-state index contributed by atoms with van der Waals surface area (Å²) in [4.78, 5) is 0. The maximum Gasteiger partial charge on any atom is 0.123 e. The molecule has 0 fully saturated rings. The predicted molar refractivity (Wildman–Crippen MR) is 51.1 cm³/mol. The number of hydrogen-bond donors (Lipinski definition) is 2. The van der Waals surface area contributed by atoms with Gasteiger partial charge in [0.25, 0.3) is 0 Å². The molecule has 0 unspecified atom stereocenters. The van der Waals surface area contributed by atoms with Crippen LogP contribution in [0.4, 0.5) is 4.39 Å². The molecule has 0 radical (unpaired) electrons. The van der Waals surface area contributed by atoms with E-state index in [1.54, 1.807) is 12.1 Å². The van der Waals surface area contributed by atoms with E-state index in [2.05, 4.69) is 0 Å². The Kier molecular flexibility index (Phi) is 4.52. The first-order valence-corrected chi connectivity index (χ1v) is 4.42. The first kappa shape index (κ1) is 11.1. The molecule has 3 N–H and O–H groups in total. The molecule has 4 heteroatoms. The third-order valence-corrected chi connectivity index (χ3v) is 1.74. The summed E-state index contributed by atoms with van der Waals surface area (Å²) in [5.74, 6) is -0.287. The minimum Gasteiger partial charge on any atom is -0.389 e. The van der Waals surface area contributed by atoms with Crippen molar-refractivity contribution in [2.24, 2.45) is 5.73 Å². The summed E-state index contributed by atoms with van der Waals surface area (Å²) in [5, 5.41) is 9.07. The lowest BCUT2D eigenvalue weighted by atomic mass is 10.2. The lowest BCUT2D eigenvalue weighted by molar-refractivity contribution is 0.0328. The van der Waals surface area contributed by atoms with Gasteiger partial charge in [-0.2, -0.15) is 0 Å². The zero-order valence-electron chi connectivity index (χ0n) is 7.82. The molecular formula is C10H14FNO2. The molecule has 1 rings (SSSR count).